The van der Waals surface area contributed by atoms with E-state index in [1.807, 2.05) is 66.1 Å². The number of aromatic nitrogens is 4. The van der Waals surface area contributed by atoms with Gasteiger partial charge in [-0.2, -0.15) is 5.10 Å². The maximum atomic E-state index is 12.7. The van der Waals surface area contributed by atoms with Gasteiger partial charge in [0.25, 0.3) is 5.95 Å². The monoisotopic (exact) mass is 392 g/mol. The van der Waals surface area contributed by atoms with E-state index in [-0.39, 0.29) is 12.3 Å². The van der Waals surface area contributed by atoms with Crippen molar-refractivity contribution in [3.63, 3.8) is 0 Å². The number of amides is 1. The first kappa shape index (κ1) is 20.7. The molecule has 3 aromatic rings. The molecule has 2 heterocycles. The third kappa shape index (κ3) is 5.06. The lowest BCUT2D eigenvalue weighted by Crippen LogP contribution is -2.16. The average molecular weight is 393 g/mol. The quantitative estimate of drug-likeness (QED) is 0.697. The van der Waals surface area contributed by atoms with Crippen molar-refractivity contribution in [3.8, 4) is 5.95 Å². The SMILES string of the molecule is Cc1cc(C)nc(-n2nc(C)c(CC(=O)Nc3cccc(CN(C)C)c3)c2C)n1. The number of hydrogen-bond acceptors (Lipinski definition) is 5. The van der Waals surface area contributed by atoms with Crippen LogP contribution in [0.3, 0.4) is 0 Å². The average Bonchev–Trinajstić information content (AvgIpc) is 2.89. The Kier molecular flexibility index (Phi) is 6.08. The van der Waals surface area contributed by atoms with Crippen LogP contribution in [-0.2, 0) is 17.8 Å². The number of aryl methyl sites for hydroxylation is 3. The van der Waals surface area contributed by atoms with Gasteiger partial charge in [-0.3, -0.25) is 4.79 Å². The van der Waals surface area contributed by atoms with E-state index in [2.05, 4.69) is 31.3 Å². The zero-order chi connectivity index (χ0) is 21.1. The van der Waals surface area contributed by atoms with E-state index in [9.17, 15) is 4.79 Å². The first-order valence-electron chi connectivity index (χ1n) is 9.64. The summed E-state index contributed by atoms with van der Waals surface area (Å²) in [6.45, 7) is 8.55. The number of carbonyl (C=O) groups excluding carboxylic acids is 1. The van der Waals surface area contributed by atoms with Crippen LogP contribution in [0.1, 0.15) is 33.9 Å². The topological polar surface area (TPSA) is 75.9 Å². The standard InChI is InChI=1S/C22H28N6O/c1-14-10-15(2)24-22(23-14)28-17(4)20(16(3)26-28)12-21(29)25-19-9-7-8-18(11-19)13-27(5)6/h7-11H,12-13H2,1-6H3,(H,25,29). The molecule has 1 aromatic carbocycles. The third-order valence-corrected chi connectivity index (χ3v) is 4.65. The fourth-order valence-electron chi connectivity index (χ4n) is 3.41. The summed E-state index contributed by atoms with van der Waals surface area (Å²) >= 11 is 0. The highest BCUT2D eigenvalue weighted by Gasteiger charge is 2.18. The lowest BCUT2D eigenvalue weighted by Gasteiger charge is -2.11. The van der Waals surface area contributed by atoms with E-state index < -0.39 is 0 Å². The van der Waals surface area contributed by atoms with Crippen molar-refractivity contribution in [2.75, 3.05) is 19.4 Å². The smallest absolute Gasteiger partial charge is 0.251 e. The molecule has 0 fully saturated rings. The molecule has 0 unspecified atom stereocenters. The van der Waals surface area contributed by atoms with Gasteiger partial charge in [-0.25, -0.2) is 14.6 Å². The first-order valence-corrected chi connectivity index (χ1v) is 9.64. The van der Waals surface area contributed by atoms with Gasteiger partial charge in [0.1, 0.15) is 0 Å². The summed E-state index contributed by atoms with van der Waals surface area (Å²) in [5.74, 6) is 0.463. The minimum absolute atomic E-state index is 0.0703. The van der Waals surface area contributed by atoms with Crippen molar-refractivity contribution in [1.82, 2.24) is 24.6 Å². The van der Waals surface area contributed by atoms with Gasteiger partial charge in [0.15, 0.2) is 0 Å². The van der Waals surface area contributed by atoms with Crippen LogP contribution < -0.4 is 5.32 Å². The Morgan fingerprint density at radius 1 is 1.07 bits per heavy atom. The van der Waals surface area contributed by atoms with E-state index in [0.29, 0.717) is 5.95 Å². The first-order chi connectivity index (χ1) is 13.7. The van der Waals surface area contributed by atoms with E-state index in [4.69, 9.17) is 0 Å². The van der Waals surface area contributed by atoms with E-state index >= 15 is 0 Å². The highest BCUT2D eigenvalue weighted by Crippen LogP contribution is 2.18. The summed E-state index contributed by atoms with van der Waals surface area (Å²) < 4.78 is 1.72. The van der Waals surface area contributed by atoms with Crippen LogP contribution in [-0.4, -0.2) is 44.7 Å². The zero-order valence-corrected chi connectivity index (χ0v) is 17.9. The van der Waals surface area contributed by atoms with Crippen LogP contribution in [0.4, 0.5) is 5.69 Å². The van der Waals surface area contributed by atoms with Crippen molar-refractivity contribution in [3.05, 3.63) is 64.2 Å². The largest absolute Gasteiger partial charge is 0.326 e. The van der Waals surface area contributed by atoms with Gasteiger partial charge >= 0.3 is 0 Å². The molecule has 3 rings (SSSR count). The Balaban J connectivity index is 1.78. The van der Waals surface area contributed by atoms with Crippen LogP contribution in [0, 0.1) is 27.7 Å². The Morgan fingerprint density at radius 3 is 2.41 bits per heavy atom. The lowest BCUT2D eigenvalue weighted by molar-refractivity contribution is -0.115. The van der Waals surface area contributed by atoms with Crippen LogP contribution in [0.5, 0.6) is 0 Å². The number of rotatable bonds is 6. The maximum Gasteiger partial charge on any atom is 0.251 e. The van der Waals surface area contributed by atoms with Gasteiger partial charge in [0.05, 0.1) is 12.1 Å². The highest BCUT2D eigenvalue weighted by atomic mass is 16.1. The second kappa shape index (κ2) is 8.53. The van der Waals surface area contributed by atoms with E-state index in [0.717, 1.165) is 46.1 Å². The van der Waals surface area contributed by atoms with Gasteiger partial charge in [0.2, 0.25) is 5.91 Å². The lowest BCUT2D eigenvalue weighted by atomic mass is 10.1. The summed E-state index contributed by atoms with van der Waals surface area (Å²) in [4.78, 5) is 23.7. The number of anilines is 1. The normalized spacial score (nSPS) is 11.1. The second-order valence-corrected chi connectivity index (χ2v) is 7.67. The Hall–Kier alpha value is -3.06. The van der Waals surface area contributed by atoms with Crippen LogP contribution in [0.15, 0.2) is 30.3 Å². The van der Waals surface area contributed by atoms with Crippen molar-refractivity contribution >= 4 is 11.6 Å². The highest BCUT2D eigenvalue weighted by molar-refractivity contribution is 5.92. The molecule has 0 aliphatic heterocycles. The Bertz CT molecular complexity index is 1020. The van der Waals surface area contributed by atoms with Gasteiger partial charge in [0, 0.05) is 34.9 Å². The van der Waals surface area contributed by atoms with Crippen molar-refractivity contribution < 1.29 is 4.79 Å². The van der Waals surface area contributed by atoms with Crippen LogP contribution >= 0.6 is 0 Å². The van der Waals surface area contributed by atoms with Crippen molar-refractivity contribution in [2.45, 2.75) is 40.7 Å². The van der Waals surface area contributed by atoms with Gasteiger partial charge in [-0.05, 0) is 65.6 Å². The molecule has 0 saturated heterocycles. The molecule has 1 amide bonds. The Morgan fingerprint density at radius 2 is 1.76 bits per heavy atom. The molecule has 29 heavy (non-hydrogen) atoms. The molecule has 0 atom stereocenters. The summed E-state index contributed by atoms with van der Waals surface area (Å²) in [6, 6.07) is 9.85. The zero-order valence-electron chi connectivity index (χ0n) is 17.9. The number of hydrogen-bond donors (Lipinski definition) is 1. The summed E-state index contributed by atoms with van der Waals surface area (Å²) in [5.41, 5.74) is 6.31. The molecule has 2 aromatic heterocycles. The number of benzene rings is 1. The summed E-state index contributed by atoms with van der Waals surface area (Å²) in [7, 11) is 4.04. The summed E-state index contributed by atoms with van der Waals surface area (Å²) in [5, 5.41) is 7.58. The molecule has 0 radical (unpaired) electrons. The van der Waals surface area contributed by atoms with Crippen LogP contribution in [0.2, 0.25) is 0 Å². The molecule has 0 saturated carbocycles. The number of nitrogens with zero attached hydrogens (tertiary/aromatic N) is 5. The second-order valence-electron chi connectivity index (χ2n) is 7.67. The molecule has 0 aliphatic carbocycles. The molecule has 0 aliphatic rings. The molecular weight excluding hydrogens is 364 g/mol. The van der Waals surface area contributed by atoms with Gasteiger partial charge < -0.3 is 10.2 Å². The number of nitrogens with one attached hydrogen (secondary N) is 1. The molecule has 0 bridgehead atoms. The predicted octanol–water partition coefficient (Wildman–Crippen LogP) is 3.14. The molecule has 1 N–H and O–H groups in total. The number of carbonyl (C=O) groups is 1. The fourth-order valence-corrected chi connectivity index (χ4v) is 3.41. The molecule has 7 nitrogen and oxygen atoms in total. The minimum atomic E-state index is -0.0703. The van der Waals surface area contributed by atoms with Gasteiger partial charge in [-0.1, -0.05) is 12.1 Å². The molecule has 7 heteroatoms. The van der Waals surface area contributed by atoms with Crippen molar-refractivity contribution in [2.24, 2.45) is 0 Å². The fraction of sp³-hybridized carbons (Fsp3) is 0.364. The molecule has 0 spiro atoms. The third-order valence-electron chi connectivity index (χ3n) is 4.65. The Labute approximate surface area is 171 Å². The van der Waals surface area contributed by atoms with Crippen LogP contribution in [0.25, 0.3) is 5.95 Å². The van der Waals surface area contributed by atoms with E-state index in [1.165, 1.54) is 0 Å². The molecular formula is C22H28N6O. The van der Waals surface area contributed by atoms with E-state index in [1.54, 1.807) is 4.68 Å². The minimum Gasteiger partial charge on any atom is -0.326 e. The van der Waals surface area contributed by atoms with Crippen molar-refractivity contribution in [1.29, 1.82) is 0 Å². The predicted molar refractivity (Wildman–Crippen MR) is 114 cm³/mol. The maximum absolute atomic E-state index is 12.7. The molecule has 152 valence electrons. The van der Waals surface area contributed by atoms with Gasteiger partial charge in [-0.15, -0.1) is 0 Å². The summed E-state index contributed by atoms with van der Waals surface area (Å²) in [6.07, 6.45) is 0.250.